The Hall–Kier alpha value is -3.16. The molecule has 1 aliphatic rings. The number of hydrogen-bond donors (Lipinski definition) is 0. The van der Waals surface area contributed by atoms with Gasteiger partial charge in [0.1, 0.15) is 17.4 Å². The highest BCUT2D eigenvalue weighted by molar-refractivity contribution is 5.94. The van der Waals surface area contributed by atoms with Gasteiger partial charge >= 0.3 is 0 Å². The highest BCUT2D eigenvalue weighted by atomic mass is 16.5. The number of amides is 1. The van der Waals surface area contributed by atoms with Crippen molar-refractivity contribution in [3.05, 3.63) is 47.4 Å². The van der Waals surface area contributed by atoms with E-state index in [1.165, 1.54) is 5.69 Å². The van der Waals surface area contributed by atoms with E-state index in [1.807, 2.05) is 40.5 Å². The Labute approximate surface area is 170 Å². The number of carbonyl (C=O) groups is 1. The van der Waals surface area contributed by atoms with Gasteiger partial charge in [-0.2, -0.15) is 4.98 Å². The number of benzene rings is 1. The average molecular weight is 394 g/mol. The lowest BCUT2D eigenvalue weighted by atomic mass is 10.1. The zero-order valence-corrected chi connectivity index (χ0v) is 17.1. The van der Waals surface area contributed by atoms with Crippen LogP contribution < -0.4 is 9.64 Å². The standard InChI is InChI=1S/C21H26N6O2/c1-4-5-17-14-19(22-21-24-23-15(2)27(17)21)25-10-12-26(13-11-25)20(28)16-6-8-18(29-3)9-7-16/h6-9,14H,4-5,10-13H2,1-3H3. The van der Waals surface area contributed by atoms with Crippen LogP contribution in [0, 0.1) is 6.92 Å². The van der Waals surface area contributed by atoms with Crippen LogP contribution in [0.5, 0.6) is 5.75 Å². The molecule has 3 heterocycles. The Morgan fingerprint density at radius 3 is 2.48 bits per heavy atom. The van der Waals surface area contributed by atoms with Crippen molar-refractivity contribution >= 4 is 17.5 Å². The molecule has 1 aromatic carbocycles. The van der Waals surface area contributed by atoms with Gasteiger partial charge in [-0.05, 0) is 37.6 Å². The molecule has 0 aliphatic carbocycles. The molecule has 0 unspecified atom stereocenters. The first-order valence-electron chi connectivity index (χ1n) is 10.0. The lowest BCUT2D eigenvalue weighted by Gasteiger charge is -2.35. The van der Waals surface area contributed by atoms with E-state index in [9.17, 15) is 4.79 Å². The van der Waals surface area contributed by atoms with Crippen molar-refractivity contribution in [3.63, 3.8) is 0 Å². The average Bonchev–Trinajstić information content (AvgIpc) is 3.14. The smallest absolute Gasteiger partial charge is 0.257 e. The molecule has 1 fully saturated rings. The van der Waals surface area contributed by atoms with Crippen molar-refractivity contribution in [2.75, 3.05) is 38.2 Å². The summed E-state index contributed by atoms with van der Waals surface area (Å²) in [6.45, 7) is 6.91. The molecule has 3 aromatic rings. The number of carbonyl (C=O) groups excluding carboxylic acids is 1. The number of nitrogens with zero attached hydrogens (tertiary/aromatic N) is 6. The van der Waals surface area contributed by atoms with Gasteiger partial charge in [-0.1, -0.05) is 13.3 Å². The molecule has 8 heteroatoms. The molecule has 0 saturated carbocycles. The summed E-state index contributed by atoms with van der Waals surface area (Å²) in [7, 11) is 1.62. The Balaban J connectivity index is 1.48. The van der Waals surface area contributed by atoms with Gasteiger partial charge < -0.3 is 14.5 Å². The van der Waals surface area contributed by atoms with E-state index in [-0.39, 0.29) is 5.91 Å². The van der Waals surface area contributed by atoms with Crippen molar-refractivity contribution in [1.29, 1.82) is 0 Å². The van der Waals surface area contributed by atoms with E-state index in [2.05, 4.69) is 28.1 Å². The lowest BCUT2D eigenvalue weighted by molar-refractivity contribution is 0.0746. The van der Waals surface area contributed by atoms with Gasteiger partial charge in [0.25, 0.3) is 11.7 Å². The minimum absolute atomic E-state index is 0.0514. The molecule has 29 heavy (non-hydrogen) atoms. The molecule has 2 aromatic heterocycles. The van der Waals surface area contributed by atoms with E-state index in [0.717, 1.165) is 43.3 Å². The second kappa shape index (κ2) is 8.06. The minimum atomic E-state index is 0.0514. The van der Waals surface area contributed by atoms with Crippen molar-refractivity contribution < 1.29 is 9.53 Å². The normalized spacial score (nSPS) is 14.4. The van der Waals surface area contributed by atoms with Gasteiger partial charge in [0.2, 0.25) is 0 Å². The second-order valence-electron chi connectivity index (χ2n) is 7.25. The molecule has 4 rings (SSSR count). The Morgan fingerprint density at radius 1 is 1.10 bits per heavy atom. The maximum atomic E-state index is 12.8. The van der Waals surface area contributed by atoms with E-state index in [1.54, 1.807) is 7.11 Å². The summed E-state index contributed by atoms with van der Waals surface area (Å²) < 4.78 is 7.19. The van der Waals surface area contributed by atoms with E-state index < -0.39 is 0 Å². The Kier molecular flexibility index (Phi) is 5.33. The fraction of sp³-hybridized carbons (Fsp3) is 0.429. The maximum Gasteiger partial charge on any atom is 0.257 e. The van der Waals surface area contributed by atoms with Crippen molar-refractivity contribution in [3.8, 4) is 5.75 Å². The summed E-state index contributed by atoms with van der Waals surface area (Å²) in [4.78, 5) is 21.6. The van der Waals surface area contributed by atoms with Crippen LogP contribution in [0.2, 0.25) is 0 Å². The predicted molar refractivity (Wildman–Crippen MR) is 111 cm³/mol. The molecule has 1 saturated heterocycles. The third kappa shape index (κ3) is 3.74. The zero-order chi connectivity index (χ0) is 20.4. The van der Waals surface area contributed by atoms with Crippen LogP contribution in [0.25, 0.3) is 5.78 Å². The number of aromatic nitrogens is 4. The van der Waals surface area contributed by atoms with Gasteiger partial charge in [0.05, 0.1) is 7.11 Å². The van der Waals surface area contributed by atoms with Crippen LogP contribution >= 0.6 is 0 Å². The largest absolute Gasteiger partial charge is 0.497 e. The SMILES string of the molecule is CCCc1cc(N2CCN(C(=O)c3ccc(OC)cc3)CC2)nc2nnc(C)n12. The minimum Gasteiger partial charge on any atom is -0.497 e. The monoisotopic (exact) mass is 394 g/mol. The fourth-order valence-electron chi connectivity index (χ4n) is 3.77. The summed E-state index contributed by atoms with van der Waals surface area (Å²) in [5.41, 5.74) is 1.86. The molecular formula is C21H26N6O2. The maximum absolute atomic E-state index is 12.8. The summed E-state index contributed by atoms with van der Waals surface area (Å²) >= 11 is 0. The topological polar surface area (TPSA) is 75.9 Å². The summed E-state index contributed by atoms with van der Waals surface area (Å²) in [6.07, 6.45) is 1.99. The molecule has 1 amide bonds. The first-order chi connectivity index (χ1) is 14.1. The number of fused-ring (bicyclic) bond motifs is 1. The predicted octanol–water partition coefficient (Wildman–Crippen LogP) is 2.36. The van der Waals surface area contributed by atoms with Gasteiger partial charge in [-0.3, -0.25) is 9.20 Å². The summed E-state index contributed by atoms with van der Waals surface area (Å²) in [6, 6.07) is 9.39. The van der Waals surface area contributed by atoms with Crippen LogP contribution in [0.3, 0.4) is 0 Å². The van der Waals surface area contributed by atoms with Crippen molar-refractivity contribution in [1.82, 2.24) is 24.5 Å². The quantitative estimate of drug-likeness (QED) is 0.661. The number of methoxy groups -OCH3 is 1. The third-order valence-electron chi connectivity index (χ3n) is 5.34. The number of piperazine rings is 1. The number of rotatable bonds is 5. The van der Waals surface area contributed by atoms with Crippen LogP contribution in [-0.4, -0.2) is 63.7 Å². The lowest BCUT2D eigenvalue weighted by Crippen LogP contribution is -2.49. The first kappa shape index (κ1) is 19.2. The van der Waals surface area contributed by atoms with Gasteiger partial charge in [-0.15, -0.1) is 10.2 Å². The number of hydrogen-bond acceptors (Lipinski definition) is 6. The van der Waals surface area contributed by atoms with E-state index in [0.29, 0.717) is 24.4 Å². The molecule has 0 atom stereocenters. The van der Waals surface area contributed by atoms with Gasteiger partial charge in [0, 0.05) is 43.5 Å². The Bertz CT molecular complexity index is 1010. The second-order valence-corrected chi connectivity index (χ2v) is 7.25. The van der Waals surface area contributed by atoms with Gasteiger partial charge in [0.15, 0.2) is 0 Å². The highest BCUT2D eigenvalue weighted by Crippen LogP contribution is 2.20. The van der Waals surface area contributed by atoms with Crippen LogP contribution in [-0.2, 0) is 6.42 Å². The zero-order valence-electron chi connectivity index (χ0n) is 17.1. The number of aryl methyl sites for hydroxylation is 2. The molecule has 1 aliphatic heterocycles. The molecule has 152 valence electrons. The Morgan fingerprint density at radius 2 is 1.83 bits per heavy atom. The summed E-state index contributed by atoms with van der Waals surface area (Å²) in [5.74, 6) is 3.21. The third-order valence-corrected chi connectivity index (χ3v) is 5.34. The van der Waals surface area contributed by atoms with Gasteiger partial charge in [-0.25, -0.2) is 0 Å². The van der Waals surface area contributed by atoms with E-state index in [4.69, 9.17) is 9.72 Å². The molecule has 0 spiro atoms. The number of ether oxygens (including phenoxy) is 1. The van der Waals surface area contributed by atoms with Crippen LogP contribution in [0.4, 0.5) is 5.82 Å². The fourth-order valence-corrected chi connectivity index (χ4v) is 3.77. The molecule has 0 radical (unpaired) electrons. The molecular weight excluding hydrogens is 368 g/mol. The van der Waals surface area contributed by atoms with Crippen molar-refractivity contribution in [2.45, 2.75) is 26.7 Å². The molecule has 0 bridgehead atoms. The van der Waals surface area contributed by atoms with Crippen LogP contribution in [0.1, 0.15) is 35.2 Å². The first-order valence-corrected chi connectivity index (χ1v) is 10.0. The molecule has 8 nitrogen and oxygen atoms in total. The summed E-state index contributed by atoms with van der Waals surface area (Å²) in [5, 5.41) is 8.39. The van der Waals surface area contributed by atoms with Crippen LogP contribution in [0.15, 0.2) is 30.3 Å². The molecule has 0 N–H and O–H groups in total. The van der Waals surface area contributed by atoms with Crippen molar-refractivity contribution in [2.24, 2.45) is 0 Å². The van der Waals surface area contributed by atoms with E-state index >= 15 is 0 Å². The number of anilines is 1. The highest BCUT2D eigenvalue weighted by Gasteiger charge is 2.24.